The Morgan fingerprint density at radius 3 is 2.53 bits per heavy atom. The molecule has 0 radical (unpaired) electrons. The molecule has 1 saturated carbocycles. The molecule has 0 unspecified atom stereocenters. The van der Waals surface area contributed by atoms with E-state index < -0.39 is 0 Å². The minimum absolute atomic E-state index is 0.561. The van der Waals surface area contributed by atoms with E-state index in [1.165, 1.54) is 32.1 Å². The molecule has 0 saturated heterocycles. The van der Waals surface area contributed by atoms with E-state index in [0.29, 0.717) is 18.5 Å². The number of rotatable bonds is 7. The molecule has 2 N–H and O–H groups in total. The monoisotopic (exact) mass is 266 g/mol. The van der Waals surface area contributed by atoms with E-state index in [9.17, 15) is 0 Å². The van der Waals surface area contributed by atoms with Crippen LogP contribution in [-0.2, 0) is 6.54 Å². The van der Waals surface area contributed by atoms with E-state index >= 15 is 0 Å². The Morgan fingerprint density at radius 1 is 1.11 bits per heavy atom. The van der Waals surface area contributed by atoms with Crippen LogP contribution >= 0.6 is 0 Å². The third-order valence-electron chi connectivity index (χ3n) is 4.08. The number of hydrogen-bond acceptors (Lipinski definition) is 5. The maximum absolute atomic E-state index is 5.52. The van der Waals surface area contributed by atoms with Crippen molar-refractivity contribution in [3.8, 4) is 0 Å². The quantitative estimate of drug-likeness (QED) is 0.794. The third-order valence-corrected chi connectivity index (χ3v) is 4.08. The van der Waals surface area contributed by atoms with Crippen molar-refractivity contribution in [2.24, 2.45) is 11.8 Å². The van der Waals surface area contributed by atoms with E-state index in [-0.39, 0.29) is 0 Å². The Kier molecular flexibility index (Phi) is 5.63. The topological polar surface area (TPSA) is 63.0 Å². The lowest BCUT2D eigenvalue weighted by Crippen LogP contribution is -2.21. The predicted octanol–water partition coefficient (Wildman–Crippen LogP) is 2.81. The molecule has 1 aliphatic carbocycles. The summed E-state index contributed by atoms with van der Waals surface area (Å²) in [4.78, 5) is 0. The van der Waals surface area contributed by atoms with Gasteiger partial charge < -0.3 is 15.1 Å². The van der Waals surface area contributed by atoms with Gasteiger partial charge in [-0.25, -0.2) is 0 Å². The summed E-state index contributed by atoms with van der Waals surface area (Å²) >= 11 is 0. The van der Waals surface area contributed by atoms with Crippen LogP contribution in [0, 0.1) is 11.8 Å². The van der Waals surface area contributed by atoms with Crippen molar-refractivity contribution in [3.05, 3.63) is 5.89 Å². The third kappa shape index (κ3) is 4.49. The van der Waals surface area contributed by atoms with Gasteiger partial charge in [0.25, 0.3) is 0 Å². The largest absolute Gasteiger partial charge is 0.407 e. The zero-order chi connectivity index (χ0) is 13.5. The first-order chi connectivity index (χ1) is 9.31. The number of aromatic nitrogens is 2. The summed E-state index contributed by atoms with van der Waals surface area (Å²) in [5.41, 5.74) is 0. The lowest BCUT2D eigenvalue weighted by atomic mass is 9.81. The Labute approximate surface area is 115 Å². The minimum Gasteiger partial charge on any atom is -0.407 e. The molecule has 0 aromatic carbocycles. The van der Waals surface area contributed by atoms with Gasteiger partial charge in [-0.05, 0) is 31.2 Å². The van der Waals surface area contributed by atoms with Crippen molar-refractivity contribution >= 4 is 6.01 Å². The Balaban J connectivity index is 1.69. The Hall–Kier alpha value is -1.10. The second kappa shape index (κ2) is 7.48. The van der Waals surface area contributed by atoms with Crippen molar-refractivity contribution in [1.82, 2.24) is 15.5 Å². The molecule has 1 fully saturated rings. The van der Waals surface area contributed by atoms with Gasteiger partial charge in [0, 0.05) is 6.54 Å². The maximum atomic E-state index is 5.52. The molecule has 5 nitrogen and oxygen atoms in total. The van der Waals surface area contributed by atoms with Crippen LogP contribution in [0.5, 0.6) is 0 Å². The van der Waals surface area contributed by atoms with Crippen LogP contribution in [0.4, 0.5) is 6.01 Å². The summed E-state index contributed by atoms with van der Waals surface area (Å²) in [5, 5.41) is 14.5. The summed E-state index contributed by atoms with van der Waals surface area (Å²) < 4.78 is 5.52. The first-order valence-electron chi connectivity index (χ1n) is 7.58. The van der Waals surface area contributed by atoms with Crippen molar-refractivity contribution < 1.29 is 4.42 Å². The van der Waals surface area contributed by atoms with Gasteiger partial charge in [0.15, 0.2) is 0 Å². The molecule has 1 heterocycles. The molecular formula is C14H26N4O. The SMILES string of the molecule is CCNCc1nnc(NCC2CCC(CC)CC2)o1. The lowest BCUT2D eigenvalue weighted by Gasteiger charge is -2.27. The molecule has 5 heteroatoms. The molecule has 2 rings (SSSR count). The lowest BCUT2D eigenvalue weighted by molar-refractivity contribution is 0.277. The maximum Gasteiger partial charge on any atom is 0.315 e. The van der Waals surface area contributed by atoms with Crippen LogP contribution in [0.25, 0.3) is 0 Å². The summed E-state index contributed by atoms with van der Waals surface area (Å²) in [6.07, 6.45) is 6.72. The summed E-state index contributed by atoms with van der Waals surface area (Å²) in [7, 11) is 0. The first-order valence-corrected chi connectivity index (χ1v) is 7.58. The molecule has 0 amide bonds. The van der Waals surface area contributed by atoms with E-state index in [1.807, 2.05) is 0 Å². The fourth-order valence-corrected chi connectivity index (χ4v) is 2.70. The fourth-order valence-electron chi connectivity index (χ4n) is 2.70. The molecule has 0 bridgehead atoms. The summed E-state index contributed by atoms with van der Waals surface area (Å²) in [5.74, 6) is 2.36. The van der Waals surface area contributed by atoms with Crippen LogP contribution in [0.1, 0.15) is 51.8 Å². The highest BCUT2D eigenvalue weighted by molar-refractivity contribution is 5.16. The Morgan fingerprint density at radius 2 is 1.84 bits per heavy atom. The molecule has 1 aromatic rings. The van der Waals surface area contributed by atoms with Gasteiger partial charge in [-0.2, -0.15) is 0 Å². The molecule has 1 aliphatic rings. The second-order valence-corrected chi connectivity index (χ2v) is 5.46. The van der Waals surface area contributed by atoms with E-state index in [1.54, 1.807) is 0 Å². The highest BCUT2D eigenvalue weighted by Crippen LogP contribution is 2.30. The van der Waals surface area contributed by atoms with Crippen LogP contribution < -0.4 is 10.6 Å². The van der Waals surface area contributed by atoms with Crippen molar-refractivity contribution in [3.63, 3.8) is 0 Å². The zero-order valence-electron chi connectivity index (χ0n) is 12.1. The van der Waals surface area contributed by atoms with Gasteiger partial charge in [-0.15, -0.1) is 5.10 Å². The van der Waals surface area contributed by atoms with Crippen molar-refractivity contribution in [2.75, 3.05) is 18.4 Å². The number of nitrogens with zero attached hydrogens (tertiary/aromatic N) is 2. The van der Waals surface area contributed by atoms with Gasteiger partial charge >= 0.3 is 6.01 Å². The van der Waals surface area contributed by atoms with Gasteiger partial charge in [-0.3, -0.25) is 0 Å². The molecule has 1 aromatic heterocycles. The highest BCUT2D eigenvalue weighted by atomic mass is 16.4. The van der Waals surface area contributed by atoms with Crippen LogP contribution in [0.3, 0.4) is 0 Å². The number of hydrogen-bond donors (Lipinski definition) is 2. The van der Waals surface area contributed by atoms with E-state index in [4.69, 9.17) is 4.42 Å². The predicted molar refractivity (Wildman–Crippen MR) is 75.9 cm³/mol. The average molecular weight is 266 g/mol. The van der Waals surface area contributed by atoms with Gasteiger partial charge in [0.2, 0.25) is 5.89 Å². The Bertz CT molecular complexity index is 358. The number of anilines is 1. The molecule has 19 heavy (non-hydrogen) atoms. The normalized spacial score (nSPS) is 23.5. The van der Waals surface area contributed by atoms with Crippen LogP contribution in [-0.4, -0.2) is 23.3 Å². The van der Waals surface area contributed by atoms with E-state index in [2.05, 4.69) is 34.7 Å². The first kappa shape index (κ1) is 14.3. The van der Waals surface area contributed by atoms with Crippen molar-refractivity contribution in [1.29, 1.82) is 0 Å². The minimum atomic E-state index is 0.561. The molecule has 0 spiro atoms. The fraction of sp³-hybridized carbons (Fsp3) is 0.857. The molecular weight excluding hydrogens is 240 g/mol. The molecule has 108 valence electrons. The van der Waals surface area contributed by atoms with Gasteiger partial charge in [-0.1, -0.05) is 38.2 Å². The van der Waals surface area contributed by atoms with Gasteiger partial charge in [0.05, 0.1) is 6.54 Å². The smallest absolute Gasteiger partial charge is 0.315 e. The summed E-state index contributed by atoms with van der Waals surface area (Å²) in [6, 6.07) is 0.561. The van der Waals surface area contributed by atoms with E-state index in [0.717, 1.165) is 24.9 Å². The van der Waals surface area contributed by atoms with Gasteiger partial charge in [0.1, 0.15) is 0 Å². The molecule has 0 atom stereocenters. The van der Waals surface area contributed by atoms with Crippen molar-refractivity contribution in [2.45, 2.75) is 52.5 Å². The summed E-state index contributed by atoms with van der Waals surface area (Å²) in [6.45, 7) is 6.87. The van der Waals surface area contributed by atoms with Crippen LogP contribution in [0.2, 0.25) is 0 Å². The zero-order valence-corrected chi connectivity index (χ0v) is 12.1. The second-order valence-electron chi connectivity index (χ2n) is 5.46. The molecule has 0 aliphatic heterocycles. The average Bonchev–Trinajstić information content (AvgIpc) is 2.91. The standard InChI is InChI=1S/C14H26N4O/c1-3-11-5-7-12(8-6-11)9-16-14-18-17-13(19-14)10-15-4-2/h11-12,15H,3-10H2,1-2H3,(H,16,18). The highest BCUT2D eigenvalue weighted by Gasteiger charge is 2.20. The number of nitrogens with one attached hydrogen (secondary N) is 2. The van der Waals surface area contributed by atoms with Crippen LogP contribution in [0.15, 0.2) is 4.42 Å².